The van der Waals surface area contributed by atoms with Crippen LogP contribution in [0.1, 0.15) is 1.43 Å². The first-order valence-electron chi connectivity index (χ1n) is 3.47. The molecule has 10 heteroatoms. The molecule has 0 fully saturated rings. The number of carboxylic acids is 1. The van der Waals surface area contributed by atoms with E-state index in [0.717, 1.165) is 0 Å². The van der Waals surface area contributed by atoms with Gasteiger partial charge in [-0.15, -0.1) is 0 Å². The van der Waals surface area contributed by atoms with Crippen molar-refractivity contribution in [1.29, 1.82) is 0 Å². The molecule has 0 unspecified atom stereocenters. The van der Waals surface area contributed by atoms with Crippen molar-refractivity contribution in [2.75, 3.05) is 6.61 Å². The van der Waals surface area contributed by atoms with Crippen molar-refractivity contribution in [3.8, 4) is 0 Å². The van der Waals surface area contributed by atoms with Crippen LogP contribution in [0.25, 0.3) is 0 Å². The van der Waals surface area contributed by atoms with Crippen molar-refractivity contribution in [2.24, 2.45) is 0 Å². The minimum atomic E-state index is -2.20. The van der Waals surface area contributed by atoms with Crippen LogP contribution in [0.15, 0.2) is 0 Å². The van der Waals surface area contributed by atoms with Crippen LogP contribution in [0.5, 0.6) is 0 Å². The van der Waals surface area contributed by atoms with E-state index in [1.165, 1.54) is 0 Å². The number of aliphatic hydroxyl groups is 5. The molecule has 0 aliphatic heterocycles. The van der Waals surface area contributed by atoms with Gasteiger partial charge < -0.3 is 32.1 Å². The predicted molar refractivity (Wildman–Crippen MR) is 39.9 cm³/mol. The number of rotatable bonds is 5. The maximum absolute atomic E-state index is 10.1. The molecule has 0 aromatic carbocycles. The van der Waals surface area contributed by atoms with Crippen LogP contribution in [0.4, 0.5) is 0 Å². The molecule has 96 valence electrons. The zero-order valence-corrected chi connectivity index (χ0v) is 12.5. The van der Waals surface area contributed by atoms with E-state index in [1.807, 2.05) is 0 Å². The van der Waals surface area contributed by atoms with Crippen LogP contribution in [0.3, 0.4) is 0 Å². The van der Waals surface area contributed by atoms with Gasteiger partial charge in [-0.25, -0.2) is 4.79 Å². The van der Waals surface area contributed by atoms with Crippen molar-refractivity contribution in [3.05, 3.63) is 0 Å². The number of hydrogen-bond acceptors (Lipinski definition) is 6. The van der Waals surface area contributed by atoms with Crippen LogP contribution in [0.2, 0.25) is 0 Å². The fourth-order valence-electron chi connectivity index (χ4n) is 0.668. The van der Waals surface area contributed by atoms with E-state index in [2.05, 4.69) is 0 Å². The van der Waals surface area contributed by atoms with E-state index in [4.69, 9.17) is 30.6 Å². The van der Waals surface area contributed by atoms with Crippen molar-refractivity contribution in [1.82, 2.24) is 0 Å². The average Bonchev–Trinajstić information content (AvgIpc) is 2.12. The third kappa shape index (κ3) is 8.41. The van der Waals surface area contributed by atoms with Gasteiger partial charge in [-0.2, -0.15) is 0 Å². The Morgan fingerprint density at radius 3 is 1.69 bits per heavy atom. The molecule has 0 saturated heterocycles. The van der Waals surface area contributed by atoms with Gasteiger partial charge in [0.15, 0.2) is 6.10 Å². The Bertz CT molecular complexity index is 190. The number of aliphatic hydroxyl groups excluding tert-OH is 5. The topological polar surface area (TPSA) is 138 Å². The van der Waals surface area contributed by atoms with Gasteiger partial charge >= 0.3 is 35.5 Å². The Kier molecular flexibility index (Phi) is 20.7. The summed E-state index contributed by atoms with van der Waals surface area (Å²) in [6, 6.07) is 0. The van der Waals surface area contributed by atoms with Gasteiger partial charge in [-0.1, -0.05) is 0 Å². The van der Waals surface area contributed by atoms with Crippen LogP contribution in [-0.2, 0) is 38.9 Å². The number of hydrogen-bond donors (Lipinski definition) is 6. The van der Waals surface area contributed by atoms with E-state index in [-0.39, 0.29) is 65.1 Å². The molecular weight excluding hydrogens is 319 g/mol. The van der Waals surface area contributed by atoms with E-state index in [9.17, 15) is 4.79 Å². The summed E-state index contributed by atoms with van der Waals surface area (Å²) in [5, 5.41) is 51.8. The largest absolute Gasteiger partial charge is 1.00 e. The van der Waals surface area contributed by atoms with Crippen LogP contribution >= 0.6 is 0 Å². The summed E-state index contributed by atoms with van der Waals surface area (Å²) in [6.07, 6.45) is -7.84. The van der Waals surface area contributed by atoms with E-state index in [1.54, 1.807) is 0 Å². The summed E-state index contributed by atoms with van der Waals surface area (Å²) >= 11 is 0. The molecule has 16 heavy (non-hydrogen) atoms. The zero-order chi connectivity index (χ0) is 10.6. The molecule has 6 N–H and O–H groups in total. The van der Waals surface area contributed by atoms with Gasteiger partial charge in [0.25, 0.3) is 0 Å². The van der Waals surface area contributed by atoms with Crippen molar-refractivity contribution >= 4 is 5.97 Å². The van der Waals surface area contributed by atoms with Crippen LogP contribution in [-0.4, -0.2) is 67.6 Å². The summed E-state index contributed by atoms with van der Waals surface area (Å²) in [5.41, 5.74) is 0. The van der Waals surface area contributed by atoms with Gasteiger partial charge in [0, 0.05) is 34.1 Å². The smallest absolute Gasteiger partial charge is 1.00 e. The second kappa shape index (κ2) is 12.8. The molecule has 4 atom stereocenters. The fraction of sp³-hybridized carbons (Fsp3) is 0.833. The minimum Gasteiger partial charge on any atom is -1.00 e. The standard InChI is InChI=1S/C6H12O7.2Fe.Na.H/c7-1-2(8)3(9)4(10)5(11)6(12)13;;;;/h2-5,7-11H,1H2,(H,12,13);;;;/q;;;+1;-1/t2-,3-,4+,5-;;;;/m1..../s1. The third-order valence-electron chi connectivity index (χ3n) is 1.51. The summed E-state index contributed by atoms with van der Waals surface area (Å²) < 4.78 is 0. The second-order valence-corrected chi connectivity index (χ2v) is 2.51. The molecular formula is C6H13Fe2NaO7. The molecule has 0 heterocycles. The second-order valence-electron chi connectivity index (χ2n) is 2.51. The molecule has 0 saturated carbocycles. The van der Waals surface area contributed by atoms with E-state index in [0.29, 0.717) is 0 Å². The number of aliphatic carboxylic acids is 1. The van der Waals surface area contributed by atoms with Crippen molar-refractivity contribution in [2.45, 2.75) is 24.4 Å². The molecule has 7 nitrogen and oxygen atoms in total. The van der Waals surface area contributed by atoms with Gasteiger partial charge in [0.1, 0.15) is 18.3 Å². The minimum absolute atomic E-state index is 0. The van der Waals surface area contributed by atoms with E-state index >= 15 is 0 Å². The van der Waals surface area contributed by atoms with E-state index < -0.39 is 37.0 Å². The first kappa shape index (κ1) is 26.0. The van der Waals surface area contributed by atoms with Crippen LogP contribution in [0, 0.1) is 0 Å². The third-order valence-corrected chi connectivity index (χ3v) is 1.51. The molecule has 0 rings (SSSR count). The van der Waals surface area contributed by atoms with Crippen molar-refractivity contribution in [3.63, 3.8) is 0 Å². The Hall–Kier alpha value is 1.31. The van der Waals surface area contributed by atoms with Gasteiger partial charge in [-0.05, 0) is 0 Å². The normalized spacial score (nSPS) is 16.6. The maximum Gasteiger partial charge on any atom is 1.00 e. The molecule has 0 spiro atoms. The first-order chi connectivity index (χ1) is 5.91. The van der Waals surface area contributed by atoms with Gasteiger partial charge in [0.05, 0.1) is 6.61 Å². The Balaban J connectivity index is -0.000000120. The monoisotopic (exact) mass is 332 g/mol. The quantitative estimate of drug-likeness (QED) is 0.275. The Morgan fingerprint density at radius 1 is 1.06 bits per heavy atom. The van der Waals surface area contributed by atoms with Crippen molar-refractivity contribution < 1.29 is 101 Å². The summed E-state index contributed by atoms with van der Waals surface area (Å²) in [7, 11) is 0. The van der Waals surface area contributed by atoms with Gasteiger partial charge in [-0.3, -0.25) is 0 Å². The molecule has 0 aromatic heterocycles. The van der Waals surface area contributed by atoms with Gasteiger partial charge in [0.2, 0.25) is 0 Å². The summed E-state index contributed by atoms with van der Waals surface area (Å²) in [4.78, 5) is 10.1. The molecule has 0 aliphatic carbocycles. The summed E-state index contributed by atoms with van der Waals surface area (Å²) in [6.45, 7) is -0.843. The Labute approximate surface area is 137 Å². The maximum atomic E-state index is 10.1. The summed E-state index contributed by atoms with van der Waals surface area (Å²) in [5.74, 6) is -1.73. The molecule has 0 bridgehead atoms. The molecule has 0 radical (unpaired) electrons. The van der Waals surface area contributed by atoms with Crippen LogP contribution < -0.4 is 29.6 Å². The first-order valence-corrected chi connectivity index (χ1v) is 3.47. The predicted octanol–water partition coefficient (Wildman–Crippen LogP) is -6.38. The number of carboxylic acid groups (broad SMARTS) is 1. The molecule has 0 amide bonds. The Morgan fingerprint density at radius 2 is 1.44 bits per heavy atom. The fourth-order valence-corrected chi connectivity index (χ4v) is 0.668. The SMILES string of the molecule is O=C(O)[C@H](O)[C@@H](O)[C@H](O)[C@H](O)CO.[Fe].[Fe].[H-].[Na+]. The zero-order valence-electron chi connectivity index (χ0n) is 9.32. The molecule has 0 aliphatic rings. The number of carbonyl (C=O) groups is 1. The average molecular weight is 332 g/mol. The molecule has 0 aromatic rings.